The number of nitrogens with one attached hydrogen (secondary N) is 1. The zero-order valence-corrected chi connectivity index (χ0v) is 13.7. The van der Waals surface area contributed by atoms with Crippen LogP contribution >= 0.6 is 0 Å². The molecular formula is C18H23F2NO3. The number of carbonyl (C=O) groups excluding carboxylic acids is 1. The Morgan fingerprint density at radius 3 is 2.58 bits per heavy atom. The van der Waals surface area contributed by atoms with Crippen molar-refractivity contribution in [3.05, 3.63) is 35.4 Å². The summed E-state index contributed by atoms with van der Waals surface area (Å²) in [5.41, 5.74) is -0.742. The van der Waals surface area contributed by atoms with Gasteiger partial charge in [0.2, 0.25) is 5.92 Å². The van der Waals surface area contributed by atoms with E-state index in [1.165, 1.54) is 0 Å². The summed E-state index contributed by atoms with van der Waals surface area (Å²) in [7, 11) is 0. The summed E-state index contributed by atoms with van der Waals surface area (Å²) in [6.45, 7) is 3.15. The van der Waals surface area contributed by atoms with E-state index < -0.39 is 29.8 Å². The van der Waals surface area contributed by atoms with Gasteiger partial charge in [0.05, 0.1) is 0 Å². The first-order valence-electron chi connectivity index (χ1n) is 8.40. The fourth-order valence-corrected chi connectivity index (χ4v) is 3.60. The van der Waals surface area contributed by atoms with Gasteiger partial charge in [0.25, 0.3) is 0 Å². The number of esters is 1. The Labute approximate surface area is 140 Å². The molecule has 1 aromatic carbocycles. The third-order valence-corrected chi connectivity index (χ3v) is 5.09. The number of aliphatic hydroxyl groups is 1. The summed E-state index contributed by atoms with van der Waals surface area (Å²) < 4.78 is 32.8. The Bertz CT molecular complexity index is 599. The van der Waals surface area contributed by atoms with Gasteiger partial charge in [-0.15, -0.1) is 0 Å². The molecule has 0 amide bonds. The molecule has 2 N–H and O–H groups in total. The van der Waals surface area contributed by atoms with Crippen molar-refractivity contribution in [3.8, 4) is 0 Å². The van der Waals surface area contributed by atoms with Crippen molar-refractivity contribution in [1.82, 2.24) is 5.32 Å². The highest BCUT2D eigenvalue weighted by atomic mass is 19.3. The molecule has 6 heteroatoms. The monoisotopic (exact) mass is 339 g/mol. The lowest BCUT2D eigenvalue weighted by atomic mass is 9.79. The highest BCUT2D eigenvalue weighted by Crippen LogP contribution is 2.48. The van der Waals surface area contributed by atoms with Gasteiger partial charge in [0, 0.05) is 25.3 Å². The molecule has 0 aromatic heterocycles. The van der Waals surface area contributed by atoms with Crippen molar-refractivity contribution in [3.63, 3.8) is 0 Å². The van der Waals surface area contributed by atoms with Crippen LogP contribution in [0.3, 0.4) is 0 Å². The number of alkyl halides is 2. The second-order valence-corrected chi connectivity index (χ2v) is 6.95. The summed E-state index contributed by atoms with van der Waals surface area (Å²) >= 11 is 0. The third-order valence-electron chi connectivity index (χ3n) is 5.09. The van der Waals surface area contributed by atoms with Crippen LogP contribution in [0.2, 0.25) is 0 Å². The van der Waals surface area contributed by atoms with Crippen molar-refractivity contribution in [1.29, 1.82) is 0 Å². The molecule has 0 spiro atoms. The second kappa shape index (κ2) is 6.41. The molecule has 0 bridgehead atoms. The van der Waals surface area contributed by atoms with Gasteiger partial charge >= 0.3 is 5.97 Å². The van der Waals surface area contributed by atoms with Crippen LogP contribution in [0, 0.1) is 12.8 Å². The molecule has 2 aliphatic rings. The van der Waals surface area contributed by atoms with Crippen molar-refractivity contribution in [2.24, 2.45) is 5.92 Å². The number of halogens is 2. The first-order valence-corrected chi connectivity index (χ1v) is 8.40. The van der Waals surface area contributed by atoms with Crippen LogP contribution < -0.4 is 5.32 Å². The van der Waals surface area contributed by atoms with Crippen molar-refractivity contribution < 1.29 is 23.4 Å². The van der Waals surface area contributed by atoms with Crippen LogP contribution in [0.15, 0.2) is 24.3 Å². The highest BCUT2D eigenvalue weighted by molar-refractivity contribution is 5.82. The minimum atomic E-state index is -2.85. The molecular weight excluding hydrogens is 316 g/mol. The van der Waals surface area contributed by atoms with E-state index in [0.29, 0.717) is 18.5 Å². The van der Waals surface area contributed by atoms with Crippen LogP contribution in [-0.2, 0) is 15.1 Å². The average molecular weight is 339 g/mol. The predicted octanol–water partition coefficient (Wildman–Crippen LogP) is 2.52. The number of benzene rings is 1. The number of carbonyl (C=O) groups is 1. The largest absolute Gasteiger partial charge is 0.459 e. The molecule has 0 radical (unpaired) electrons. The van der Waals surface area contributed by atoms with Gasteiger partial charge in [0.1, 0.15) is 6.10 Å². The molecule has 132 valence electrons. The first-order chi connectivity index (χ1) is 11.3. The van der Waals surface area contributed by atoms with Crippen LogP contribution in [0.4, 0.5) is 8.78 Å². The Morgan fingerprint density at radius 1 is 1.33 bits per heavy atom. The molecule has 4 nitrogen and oxygen atoms in total. The minimum absolute atomic E-state index is 0.0927. The van der Waals surface area contributed by atoms with Gasteiger partial charge < -0.3 is 15.2 Å². The number of hydrogen-bond donors (Lipinski definition) is 2. The maximum atomic E-state index is 13.7. The molecule has 1 aliphatic heterocycles. The smallest absolute Gasteiger partial charge is 0.343 e. The lowest BCUT2D eigenvalue weighted by Crippen LogP contribution is -2.45. The summed E-state index contributed by atoms with van der Waals surface area (Å²) in [5.74, 6) is -4.52. The topological polar surface area (TPSA) is 58.6 Å². The molecule has 3 rings (SSSR count). The Balaban J connectivity index is 1.90. The van der Waals surface area contributed by atoms with Crippen LogP contribution in [0.25, 0.3) is 0 Å². The van der Waals surface area contributed by atoms with Crippen molar-refractivity contribution >= 4 is 5.97 Å². The van der Waals surface area contributed by atoms with Crippen LogP contribution in [0.1, 0.15) is 36.8 Å². The Morgan fingerprint density at radius 2 is 2.04 bits per heavy atom. The third kappa shape index (κ3) is 3.30. The van der Waals surface area contributed by atoms with E-state index in [-0.39, 0.29) is 18.9 Å². The zero-order chi connectivity index (χ0) is 17.4. The normalized spacial score (nSPS) is 28.5. The number of ether oxygens (including phenoxy) is 1. The van der Waals surface area contributed by atoms with E-state index >= 15 is 0 Å². The Hall–Kier alpha value is -1.53. The molecule has 1 aliphatic carbocycles. The quantitative estimate of drug-likeness (QED) is 0.828. The number of aryl methyl sites for hydroxylation is 1. The standard InChI is InChI=1S/C18H23F2NO3/c1-12-2-4-13(5-3-12)18(23,14-6-8-17(19,20)10-14)16(22)24-15-7-9-21-11-15/h2-5,14-15,21,23H,6-11H2,1H3. The van der Waals surface area contributed by atoms with E-state index in [4.69, 9.17) is 4.74 Å². The molecule has 1 saturated heterocycles. The van der Waals surface area contributed by atoms with Gasteiger partial charge in [-0.2, -0.15) is 0 Å². The van der Waals surface area contributed by atoms with Gasteiger partial charge in [-0.3, -0.25) is 0 Å². The summed E-state index contributed by atoms with van der Waals surface area (Å²) in [4.78, 5) is 12.8. The van der Waals surface area contributed by atoms with Crippen molar-refractivity contribution in [2.45, 2.75) is 50.2 Å². The van der Waals surface area contributed by atoms with E-state index in [2.05, 4.69) is 5.32 Å². The van der Waals surface area contributed by atoms with E-state index in [1.54, 1.807) is 24.3 Å². The first kappa shape index (κ1) is 17.3. The van der Waals surface area contributed by atoms with Gasteiger partial charge in [-0.05, 0) is 31.9 Å². The molecule has 2 fully saturated rings. The molecule has 3 unspecified atom stereocenters. The summed E-state index contributed by atoms with van der Waals surface area (Å²) in [6.07, 6.45) is -0.387. The van der Waals surface area contributed by atoms with Crippen LogP contribution in [0.5, 0.6) is 0 Å². The molecule has 1 heterocycles. The van der Waals surface area contributed by atoms with Crippen LogP contribution in [-0.4, -0.2) is 36.2 Å². The average Bonchev–Trinajstić information content (AvgIpc) is 3.16. The highest BCUT2D eigenvalue weighted by Gasteiger charge is 2.54. The number of rotatable bonds is 4. The van der Waals surface area contributed by atoms with Gasteiger partial charge in [-0.1, -0.05) is 29.8 Å². The second-order valence-electron chi connectivity index (χ2n) is 6.95. The van der Waals surface area contributed by atoms with Gasteiger partial charge in [-0.25, -0.2) is 13.6 Å². The maximum absolute atomic E-state index is 13.7. The Kier molecular flexibility index (Phi) is 4.62. The lowest BCUT2D eigenvalue weighted by molar-refractivity contribution is -0.179. The summed E-state index contributed by atoms with van der Waals surface area (Å²) in [5, 5.41) is 14.3. The SMILES string of the molecule is Cc1ccc(C(O)(C(=O)OC2CCNC2)C2CCC(F)(F)C2)cc1. The number of hydrogen-bond acceptors (Lipinski definition) is 4. The molecule has 1 saturated carbocycles. The van der Waals surface area contributed by atoms with Gasteiger partial charge in [0.15, 0.2) is 5.60 Å². The maximum Gasteiger partial charge on any atom is 0.343 e. The predicted molar refractivity (Wildman–Crippen MR) is 84.7 cm³/mol. The molecule has 1 aromatic rings. The van der Waals surface area contributed by atoms with E-state index in [0.717, 1.165) is 12.1 Å². The molecule has 24 heavy (non-hydrogen) atoms. The van der Waals surface area contributed by atoms with E-state index in [9.17, 15) is 18.7 Å². The lowest BCUT2D eigenvalue weighted by Gasteiger charge is -2.33. The fraction of sp³-hybridized carbons (Fsp3) is 0.611. The fourth-order valence-electron chi connectivity index (χ4n) is 3.60. The summed E-state index contributed by atoms with van der Waals surface area (Å²) in [6, 6.07) is 6.77. The minimum Gasteiger partial charge on any atom is -0.459 e. The van der Waals surface area contributed by atoms with E-state index in [1.807, 2.05) is 6.92 Å². The zero-order valence-electron chi connectivity index (χ0n) is 13.7. The van der Waals surface area contributed by atoms with Crippen molar-refractivity contribution in [2.75, 3.05) is 13.1 Å². The molecule has 3 atom stereocenters.